The monoisotopic (exact) mass is 388 g/mol. The van der Waals surface area contributed by atoms with Crippen LogP contribution in [0.2, 0.25) is 0 Å². The Hall–Kier alpha value is -2.74. The van der Waals surface area contributed by atoms with Crippen LogP contribution >= 0.6 is 0 Å². The first kappa shape index (κ1) is 21.6. The summed E-state index contributed by atoms with van der Waals surface area (Å²) >= 11 is 0. The molecule has 1 aliphatic heterocycles. The maximum Gasteiger partial charge on any atom is 0.335 e. The largest absolute Gasteiger partial charge is 0.497 e. The van der Waals surface area contributed by atoms with Crippen LogP contribution in [0.15, 0.2) is 29.3 Å². The van der Waals surface area contributed by atoms with E-state index in [1.807, 2.05) is 6.92 Å². The number of rotatable bonds is 9. The van der Waals surface area contributed by atoms with Crippen molar-refractivity contribution in [3.05, 3.63) is 24.3 Å². The third kappa shape index (κ3) is 4.75. The highest BCUT2D eigenvalue weighted by atomic mass is 16.5. The molecule has 1 atom stereocenters. The van der Waals surface area contributed by atoms with Crippen molar-refractivity contribution in [1.29, 1.82) is 0 Å². The van der Waals surface area contributed by atoms with Crippen LogP contribution < -0.4 is 15.0 Å². The summed E-state index contributed by atoms with van der Waals surface area (Å²) in [6.45, 7) is 9.07. The lowest BCUT2D eigenvalue weighted by molar-refractivity contribution is -0.131. The molecule has 4 amide bonds. The molecule has 1 aliphatic rings. The third-order valence-corrected chi connectivity index (χ3v) is 4.81. The van der Waals surface area contributed by atoms with E-state index in [0.29, 0.717) is 30.1 Å². The molecule has 1 heterocycles. The van der Waals surface area contributed by atoms with E-state index in [0.717, 1.165) is 24.5 Å². The summed E-state index contributed by atoms with van der Waals surface area (Å²) in [5.41, 5.74) is 0.861. The molecule has 0 bridgehead atoms. The van der Waals surface area contributed by atoms with E-state index in [-0.39, 0.29) is 0 Å². The Kier molecular flexibility index (Phi) is 7.69. The molecule has 0 saturated carbocycles. The summed E-state index contributed by atoms with van der Waals surface area (Å²) in [6, 6.07) is 5.76. The zero-order valence-corrected chi connectivity index (χ0v) is 16.9. The molecule has 0 aromatic heterocycles. The van der Waals surface area contributed by atoms with Crippen molar-refractivity contribution in [3.63, 3.8) is 0 Å². The van der Waals surface area contributed by atoms with Gasteiger partial charge in [-0.25, -0.2) is 9.69 Å². The first-order chi connectivity index (χ1) is 13.5. The second-order valence-electron chi connectivity index (χ2n) is 6.35. The lowest BCUT2D eigenvalue weighted by Gasteiger charge is -2.30. The number of methoxy groups -OCH3 is 1. The number of benzene rings is 1. The Bertz CT molecular complexity index is 741. The van der Waals surface area contributed by atoms with Crippen molar-refractivity contribution >= 4 is 29.2 Å². The lowest BCUT2D eigenvalue weighted by atomic mass is 9.96. The minimum Gasteiger partial charge on any atom is -0.497 e. The van der Waals surface area contributed by atoms with Gasteiger partial charge in [0.2, 0.25) is 5.91 Å². The van der Waals surface area contributed by atoms with Gasteiger partial charge in [-0.2, -0.15) is 0 Å². The van der Waals surface area contributed by atoms with Crippen molar-refractivity contribution in [2.75, 3.05) is 38.2 Å². The fourth-order valence-electron chi connectivity index (χ4n) is 3.13. The average molecular weight is 388 g/mol. The number of anilines is 1. The highest BCUT2D eigenvalue weighted by Gasteiger charge is 2.43. The van der Waals surface area contributed by atoms with Gasteiger partial charge in [0.25, 0.3) is 5.91 Å². The summed E-state index contributed by atoms with van der Waals surface area (Å²) in [7, 11) is 1.53. The first-order valence-corrected chi connectivity index (χ1v) is 9.55. The first-order valence-electron chi connectivity index (χ1n) is 9.55. The van der Waals surface area contributed by atoms with Crippen molar-refractivity contribution in [3.8, 4) is 5.75 Å². The van der Waals surface area contributed by atoms with Gasteiger partial charge >= 0.3 is 6.03 Å². The van der Waals surface area contributed by atoms with Gasteiger partial charge in [-0.15, -0.1) is 0 Å². The molecule has 8 nitrogen and oxygen atoms in total. The SMILES string of the molecule is CCC(=NCCN(CC)CC)C1C(=O)NC(=O)N(c2ccc(OC)cc2)C1=O. The van der Waals surface area contributed by atoms with E-state index >= 15 is 0 Å². The van der Waals surface area contributed by atoms with Gasteiger partial charge in [0.1, 0.15) is 5.75 Å². The van der Waals surface area contributed by atoms with Crippen LogP contribution in [0.3, 0.4) is 0 Å². The Morgan fingerprint density at radius 3 is 2.32 bits per heavy atom. The van der Waals surface area contributed by atoms with E-state index < -0.39 is 23.8 Å². The quantitative estimate of drug-likeness (QED) is 0.517. The lowest BCUT2D eigenvalue weighted by Crippen LogP contribution is -2.60. The molecule has 0 aliphatic carbocycles. The van der Waals surface area contributed by atoms with Crippen molar-refractivity contribution < 1.29 is 19.1 Å². The standard InChI is InChI=1S/C20H28N4O4/c1-5-16(21-12-13-23(6-2)7-3)17-18(25)22-20(27)24(19(17)26)14-8-10-15(28-4)11-9-14/h8-11,17H,5-7,12-13H2,1-4H3,(H,22,25,27). The second kappa shape index (κ2) is 9.98. The molecular weight excluding hydrogens is 360 g/mol. The summed E-state index contributed by atoms with van der Waals surface area (Å²) < 4.78 is 5.10. The summed E-state index contributed by atoms with van der Waals surface area (Å²) in [5, 5.41) is 2.28. The predicted octanol–water partition coefficient (Wildman–Crippen LogP) is 2.09. The van der Waals surface area contributed by atoms with Gasteiger partial charge in [0.15, 0.2) is 5.92 Å². The molecule has 1 aromatic rings. The van der Waals surface area contributed by atoms with E-state index in [1.165, 1.54) is 7.11 Å². The number of carbonyl (C=O) groups is 3. The number of barbiturate groups is 1. The molecule has 152 valence electrons. The number of nitrogens with zero attached hydrogens (tertiary/aromatic N) is 3. The van der Waals surface area contributed by atoms with Gasteiger partial charge < -0.3 is 9.64 Å². The van der Waals surface area contributed by atoms with E-state index in [9.17, 15) is 14.4 Å². The number of urea groups is 1. The summed E-state index contributed by atoms with van der Waals surface area (Å²) in [6.07, 6.45) is 0.451. The van der Waals surface area contributed by atoms with Gasteiger partial charge in [0, 0.05) is 12.3 Å². The van der Waals surface area contributed by atoms with Crippen LogP contribution in [0.25, 0.3) is 0 Å². The second-order valence-corrected chi connectivity index (χ2v) is 6.35. The molecule has 0 radical (unpaired) electrons. The van der Waals surface area contributed by atoms with Gasteiger partial charge in [-0.3, -0.25) is 19.9 Å². The number of amides is 4. The zero-order chi connectivity index (χ0) is 20.7. The van der Waals surface area contributed by atoms with E-state index in [1.54, 1.807) is 24.3 Å². The Morgan fingerprint density at radius 2 is 1.79 bits per heavy atom. The molecule has 1 N–H and O–H groups in total. The number of hydrogen-bond donors (Lipinski definition) is 1. The zero-order valence-electron chi connectivity index (χ0n) is 16.9. The van der Waals surface area contributed by atoms with E-state index in [2.05, 4.69) is 29.1 Å². The highest BCUT2D eigenvalue weighted by Crippen LogP contribution is 2.24. The normalized spacial score (nSPS) is 17.9. The highest BCUT2D eigenvalue weighted by molar-refractivity contribution is 6.35. The summed E-state index contributed by atoms with van der Waals surface area (Å²) in [5.74, 6) is -1.69. The number of nitrogens with one attached hydrogen (secondary N) is 1. The molecule has 0 spiro atoms. The van der Waals surface area contributed by atoms with Crippen LogP contribution in [0.4, 0.5) is 10.5 Å². The maximum atomic E-state index is 13.0. The topological polar surface area (TPSA) is 91.3 Å². The fourth-order valence-corrected chi connectivity index (χ4v) is 3.13. The number of likely N-dealkylation sites (N-methyl/N-ethyl adjacent to an activating group) is 1. The average Bonchev–Trinajstić information content (AvgIpc) is 2.70. The number of hydrogen-bond acceptors (Lipinski definition) is 6. The summed E-state index contributed by atoms with van der Waals surface area (Å²) in [4.78, 5) is 45.5. The molecule has 1 aromatic carbocycles. The molecule has 8 heteroatoms. The smallest absolute Gasteiger partial charge is 0.335 e. The van der Waals surface area contributed by atoms with Gasteiger partial charge in [-0.1, -0.05) is 20.8 Å². The van der Waals surface area contributed by atoms with Gasteiger partial charge in [0.05, 0.1) is 19.3 Å². The molecule has 1 saturated heterocycles. The Morgan fingerprint density at radius 1 is 1.14 bits per heavy atom. The fraction of sp³-hybridized carbons (Fsp3) is 0.500. The Balaban J connectivity index is 2.25. The van der Waals surface area contributed by atoms with Crippen molar-refractivity contribution in [2.24, 2.45) is 10.9 Å². The minimum atomic E-state index is -1.10. The number of imide groups is 2. The molecular formula is C20H28N4O4. The number of ether oxygens (including phenoxy) is 1. The minimum absolute atomic E-state index is 0.374. The van der Waals surface area contributed by atoms with Crippen LogP contribution in [0, 0.1) is 5.92 Å². The molecule has 1 fully saturated rings. The van der Waals surface area contributed by atoms with Crippen LogP contribution in [0.1, 0.15) is 27.2 Å². The molecule has 28 heavy (non-hydrogen) atoms. The third-order valence-electron chi connectivity index (χ3n) is 4.81. The molecule has 1 unspecified atom stereocenters. The number of aliphatic imine (C=N–C) groups is 1. The van der Waals surface area contributed by atoms with Crippen LogP contribution in [0.5, 0.6) is 5.75 Å². The predicted molar refractivity (Wildman–Crippen MR) is 108 cm³/mol. The van der Waals surface area contributed by atoms with E-state index in [4.69, 9.17) is 4.74 Å². The maximum absolute atomic E-state index is 13.0. The molecule has 2 rings (SSSR count). The van der Waals surface area contributed by atoms with Crippen LogP contribution in [-0.4, -0.2) is 61.7 Å². The number of carbonyl (C=O) groups excluding carboxylic acids is 3. The van der Waals surface area contributed by atoms with Crippen molar-refractivity contribution in [1.82, 2.24) is 10.2 Å². The van der Waals surface area contributed by atoms with Crippen LogP contribution in [-0.2, 0) is 9.59 Å². The Labute approximate surface area is 165 Å². The van der Waals surface area contributed by atoms with Gasteiger partial charge in [-0.05, 0) is 43.8 Å². The van der Waals surface area contributed by atoms with Crippen molar-refractivity contribution in [2.45, 2.75) is 27.2 Å².